The fourth-order valence-corrected chi connectivity index (χ4v) is 3.56. The van der Waals surface area contributed by atoms with Crippen LogP contribution in [0.1, 0.15) is 12.5 Å². The summed E-state index contributed by atoms with van der Waals surface area (Å²) in [4.78, 5) is 2.47. The van der Waals surface area contributed by atoms with Crippen LogP contribution in [0.15, 0.2) is 18.2 Å². The summed E-state index contributed by atoms with van der Waals surface area (Å²) in [6.45, 7) is 6.48. The lowest BCUT2D eigenvalue weighted by Crippen LogP contribution is -2.32. The van der Waals surface area contributed by atoms with Crippen molar-refractivity contribution >= 4 is 11.6 Å². The van der Waals surface area contributed by atoms with Gasteiger partial charge in [0.05, 0.1) is 0 Å². The van der Waals surface area contributed by atoms with Crippen LogP contribution >= 0.6 is 11.6 Å². The molecule has 2 fully saturated rings. The molecule has 2 nitrogen and oxygen atoms in total. The quantitative estimate of drug-likeness (QED) is 0.887. The zero-order valence-corrected chi connectivity index (χ0v) is 11.3. The highest BCUT2D eigenvalue weighted by Gasteiger charge is 2.41. The Bertz CT molecular complexity index is 451. The third kappa shape index (κ3) is 2.15. The zero-order valence-electron chi connectivity index (χ0n) is 10.5. The van der Waals surface area contributed by atoms with Gasteiger partial charge in [-0.2, -0.15) is 0 Å². The van der Waals surface area contributed by atoms with Crippen LogP contribution in [-0.2, 0) is 6.54 Å². The first-order valence-corrected chi connectivity index (χ1v) is 6.91. The van der Waals surface area contributed by atoms with Gasteiger partial charge in [-0.05, 0) is 49.5 Å². The van der Waals surface area contributed by atoms with E-state index in [1.807, 2.05) is 0 Å². The summed E-state index contributed by atoms with van der Waals surface area (Å²) < 4.78 is 13.0. The van der Waals surface area contributed by atoms with Gasteiger partial charge in [0.15, 0.2) is 0 Å². The van der Waals surface area contributed by atoms with Crippen molar-refractivity contribution in [3.05, 3.63) is 34.6 Å². The van der Waals surface area contributed by atoms with E-state index in [2.05, 4.69) is 17.1 Å². The SMILES string of the molecule is CC1C2CNCC2CN1Cc1ccc(F)cc1Cl. The lowest BCUT2D eigenvalue weighted by atomic mass is 9.95. The molecule has 0 spiro atoms. The van der Waals surface area contributed by atoms with Gasteiger partial charge >= 0.3 is 0 Å². The first-order valence-electron chi connectivity index (χ1n) is 6.54. The Labute approximate surface area is 112 Å². The van der Waals surface area contributed by atoms with Gasteiger partial charge < -0.3 is 5.32 Å². The molecular formula is C14H18ClFN2. The molecule has 1 aromatic carbocycles. The number of rotatable bonds is 2. The van der Waals surface area contributed by atoms with Gasteiger partial charge in [-0.1, -0.05) is 17.7 Å². The summed E-state index contributed by atoms with van der Waals surface area (Å²) in [6, 6.07) is 5.27. The highest BCUT2D eigenvalue weighted by atomic mass is 35.5. The molecule has 0 bridgehead atoms. The van der Waals surface area contributed by atoms with Crippen LogP contribution in [0.4, 0.5) is 4.39 Å². The van der Waals surface area contributed by atoms with Gasteiger partial charge in [-0.25, -0.2) is 4.39 Å². The van der Waals surface area contributed by atoms with Crippen LogP contribution in [0.25, 0.3) is 0 Å². The van der Waals surface area contributed by atoms with E-state index < -0.39 is 0 Å². The van der Waals surface area contributed by atoms with Crippen molar-refractivity contribution in [3.8, 4) is 0 Å². The van der Waals surface area contributed by atoms with E-state index in [4.69, 9.17) is 11.6 Å². The van der Waals surface area contributed by atoms with Crippen LogP contribution in [0.2, 0.25) is 5.02 Å². The maximum absolute atomic E-state index is 13.0. The van der Waals surface area contributed by atoms with E-state index in [1.54, 1.807) is 6.07 Å². The maximum atomic E-state index is 13.0. The number of likely N-dealkylation sites (tertiary alicyclic amines) is 1. The molecular weight excluding hydrogens is 251 g/mol. The normalized spacial score (nSPS) is 31.8. The lowest BCUT2D eigenvalue weighted by Gasteiger charge is -2.24. The van der Waals surface area contributed by atoms with Crippen molar-refractivity contribution in [1.82, 2.24) is 10.2 Å². The Morgan fingerprint density at radius 2 is 2.28 bits per heavy atom. The number of hydrogen-bond acceptors (Lipinski definition) is 2. The maximum Gasteiger partial charge on any atom is 0.124 e. The molecule has 0 radical (unpaired) electrons. The minimum absolute atomic E-state index is 0.265. The highest BCUT2D eigenvalue weighted by molar-refractivity contribution is 6.31. The van der Waals surface area contributed by atoms with Crippen molar-refractivity contribution in [1.29, 1.82) is 0 Å². The first kappa shape index (κ1) is 12.4. The lowest BCUT2D eigenvalue weighted by molar-refractivity contribution is 0.231. The summed E-state index contributed by atoms with van der Waals surface area (Å²) in [6.07, 6.45) is 0. The van der Waals surface area contributed by atoms with Crippen LogP contribution in [-0.4, -0.2) is 30.6 Å². The van der Waals surface area contributed by atoms with Gasteiger partial charge in [-0.3, -0.25) is 4.90 Å². The number of hydrogen-bond donors (Lipinski definition) is 1. The van der Waals surface area contributed by atoms with E-state index >= 15 is 0 Å². The van der Waals surface area contributed by atoms with E-state index in [0.717, 1.165) is 43.6 Å². The summed E-state index contributed by atoms with van der Waals surface area (Å²) >= 11 is 6.10. The minimum atomic E-state index is -0.265. The second-order valence-corrected chi connectivity index (χ2v) is 5.90. The average molecular weight is 269 g/mol. The number of fused-ring (bicyclic) bond motifs is 1. The number of benzene rings is 1. The molecule has 3 atom stereocenters. The number of halogens is 2. The van der Waals surface area contributed by atoms with Crippen LogP contribution in [0, 0.1) is 17.7 Å². The zero-order chi connectivity index (χ0) is 12.7. The summed E-state index contributed by atoms with van der Waals surface area (Å²) in [5.74, 6) is 1.25. The van der Waals surface area contributed by atoms with Crippen molar-refractivity contribution in [3.63, 3.8) is 0 Å². The van der Waals surface area contributed by atoms with Crippen molar-refractivity contribution in [2.45, 2.75) is 19.5 Å². The molecule has 1 aromatic rings. The summed E-state index contributed by atoms with van der Waals surface area (Å²) in [5.41, 5.74) is 1.03. The molecule has 3 unspecified atom stereocenters. The molecule has 2 aliphatic rings. The third-order valence-corrected chi connectivity index (χ3v) is 4.80. The molecule has 98 valence electrons. The Hall–Kier alpha value is -0.640. The average Bonchev–Trinajstić information content (AvgIpc) is 2.88. The van der Waals surface area contributed by atoms with E-state index in [9.17, 15) is 4.39 Å². The molecule has 18 heavy (non-hydrogen) atoms. The van der Waals surface area contributed by atoms with Gasteiger partial charge in [-0.15, -0.1) is 0 Å². The van der Waals surface area contributed by atoms with Crippen LogP contribution < -0.4 is 5.32 Å². The summed E-state index contributed by atoms with van der Waals surface area (Å²) in [7, 11) is 0. The van der Waals surface area contributed by atoms with Crippen LogP contribution in [0.3, 0.4) is 0 Å². The molecule has 4 heteroatoms. The molecule has 2 heterocycles. The molecule has 3 rings (SSSR count). The molecule has 0 aliphatic carbocycles. The Balaban J connectivity index is 1.73. The molecule has 0 amide bonds. The van der Waals surface area contributed by atoms with Crippen LogP contribution in [0.5, 0.6) is 0 Å². The van der Waals surface area contributed by atoms with Gasteiger partial charge in [0.1, 0.15) is 5.82 Å². The highest BCUT2D eigenvalue weighted by Crippen LogP contribution is 2.34. The smallest absolute Gasteiger partial charge is 0.124 e. The molecule has 0 saturated carbocycles. The predicted octanol–water partition coefficient (Wildman–Crippen LogP) is 2.52. The predicted molar refractivity (Wildman–Crippen MR) is 71.1 cm³/mol. The Kier molecular flexibility index (Phi) is 3.31. The standard InChI is InChI=1S/C14H18ClFN2/c1-9-13-6-17-5-11(13)8-18(9)7-10-2-3-12(16)4-14(10)15/h2-4,9,11,13,17H,5-8H2,1H3. The Morgan fingerprint density at radius 1 is 1.44 bits per heavy atom. The number of nitrogens with one attached hydrogen (secondary N) is 1. The van der Waals surface area contributed by atoms with Crippen molar-refractivity contribution in [2.75, 3.05) is 19.6 Å². The first-order chi connectivity index (χ1) is 8.65. The monoisotopic (exact) mass is 268 g/mol. The van der Waals surface area contributed by atoms with Gasteiger partial charge in [0.25, 0.3) is 0 Å². The molecule has 2 aliphatic heterocycles. The van der Waals surface area contributed by atoms with Gasteiger partial charge in [0.2, 0.25) is 0 Å². The van der Waals surface area contributed by atoms with E-state index in [0.29, 0.717) is 11.1 Å². The van der Waals surface area contributed by atoms with E-state index in [1.165, 1.54) is 12.1 Å². The van der Waals surface area contributed by atoms with Crippen molar-refractivity contribution in [2.24, 2.45) is 11.8 Å². The second-order valence-electron chi connectivity index (χ2n) is 5.49. The largest absolute Gasteiger partial charge is 0.316 e. The fourth-order valence-electron chi connectivity index (χ4n) is 3.33. The van der Waals surface area contributed by atoms with Gasteiger partial charge in [0, 0.05) is 24.2 Å². The number of nitrogens with zero attached hydrogens (tertiary/aromatic N) is 1. The van der Waals surface area contributed by atoms with E-state index in [-0.39, 0.29) is 5.82 Å². The van der Waals surface area contributed by atoms with Crippen molar-refractivity contribution < 1.29 is 4.39 Å². The summed E-state index contributed by atoms with van der Waals surface area (Å²) in [5, 5.41) is 3.99. The molecule has 2 saturated heterocycles. The Morgan fingerprint density at radius 3 is 3.00 bits per heavy atom. The fraction of sp³-hybridized carbons (Fsp3) is 0.571. The topological polar surface area (TPSA) is 15.3 Å². The third-order valence-electron chi connectivity index (χ3n) is 4.45. The molecule has 0 aromatic heterocycles. The molecule has 1 N–H and O–H groups in total. The minimum Gasteiger partial charge on any atom is -0.316 e. The second kappa shape index (κ2) is 4.80.